The molecule has 3 aromatic carbocycles. The number of benzene rings is 3. The molecule has 0 fully saturated rings. The maximum Gasteiger partial charge on any atom is 0.131 e. The third kappa shape index (κ3) is 1.65. The van der Waals surface area contributed by atoms with Gasteiger partial charge in [-0.05, 0) is 47.2 Å². The molecule has 0 radical (unpaired) electrons. The van der Waals surface area contributed by atoms with E-state index in [4.69, 9.17) is 23.2 Å². The van der Waals surface area contributed by atoms with E-state index in [1.54, 1.807) is 24.3 Å². The van der Waals surface area contributed by atoms with E-state index in [0.29, 0.717) is 20.8 Å². The summed E-state index contributed by atoms with van der Waals surface area (Å²) in [5, 5.41) is 23.4. The van der Waals surface area contributed by atoms with E-state index in [9.17, 15) is 10.2 Å². The van der Waals surface area contributed by atoms with Crippen molar-refractivity contribution in [2.45, 2.75) is 0 Å². The van der Waals surface area contributed by atoms with Crippen LogP contribution in [-0.4, -0.2) is 10.2 Å². The van der Waals surface area contributed by atoms with Crippen molar-refractivity contribution in [2.75, 3.05) is 0 Å². The van der Waals surface area contributed by atoms with Gasteiger partial charge in [0.05, 0.1) is 10.0 Å². The Hall–Kier alpha value is -1.64. The molecule has 2 nitrogen and oxygen atoms in total. The number of phenols is 2. The van der Waals surface area contributed by atoms with Crippen molar-refractivity contribution < 1.29 is 10.2 Å². The molecule has 0 bridgehead atoms. The zero-order valence-electron chi connectivity index (χ0n) is 9.11. The molecule has 0 heterocycles. The van der Waals surface area contributed by atoms with Gasteiger partial charge in [-0.1, -0.05) is 23.2 Å². The van der Waals surface area contributed by atoms with Gasteiger partial charge in [-0.3, -0.25) is 0 Å². The predicted molar refractivity (Wildman–Crippen MR) is 74.8 cm³/mol. The number of phenolic OH excluding ortho intramolecular Hbond substituents is 2. The molecular formula is C14H8Cl2O2. The van der Waals surface area contributed by atoms with Crippen LogP contribution in [0.25, 0.3) is 21.5 Å². The van der Waals surface area contributed by atoms with Crippen molar-refractivity contribution >= 4 is 44.7 Å². The molecule has 0 unspecified atom stereocenters. The Bertz CT molecular complexity index is 782. The summed E-state index contributed by atoms with van der Waals surface area (Å²) in [6.45, 7) is 0. The molecular weight excluding hydrogens is 271 g/mol. The number of rotatable bonds is 0. The zero-order valence-corrected chi connectivity index (χ0v) is 10.6. The topological polar surface area (TPSA) is 40.5 Å². The lowest BCUT2D eigenvalue weighted by molar-refractivity contribution is 0.475. The molecule has 90 valence electrons. The summed E-state index contributed by atoms with van der Waals surface area (Å²) >= 11 is 11.9. The van der Waals surface area contributed by atoms with Crippen molar-refractivity contribution in [3.8, 4) is 11.5 Å². The standard InChI is InChI=1S/C14H8Cl2O2/c15-12-5-8-3-7-4-9(17)1-2-10(7)14(18)11(8)6-13(12)16/h1-6,17-18H. The van der Waals surface area contributed by atoms with Gasteiger partial charge in [0.25, 0.3) is 0 Å². The largest absolute Gasteiger partial charge is 0.508 e. The Kier molecular flexibility index (Phi) is 2.51. The van der Waals surface area contributed by atoms with E-state index in [2.05, 4.69) is 0 Å². The minimum atomic E-state index is 0.140. The number of fused-ring (bicyclic) bond motifs is 2. The average molecular weight is 279 g/mol. The molecule has 0 aliphatic heterocycles. The predicted octanol–water partition coefficient (Wildman–Crippen LogP) is 4.71. The van der Waals surface area contributed by atoms with Crippen LogP contribution in [0.2, 0.25) is 10.0 Å². The average Bonchev–Trinajstić information content (AvgIpc) is 2.32. The molecule has 4 heteroatoms. The van der Waals surface area contributed by atoms with Gasteiger partial charge in [0, 0.05) is 10.8 Å². The van der Waals surface area contributed by atoms with E-state index in [0.717, 1.165) is 10.8 Å². The van der Waals surface area contributed by atoms with Crippen LogP contribution in [0.1, 0.15) is 0 Å². The Morgan fingerprint density at radius 3 is 2.17 bits per heavy atom. The molecule has 2 N–H and O–H groups in total. The van der Waals surface area contributed by atoms with Gasteiger partial charge in [-0.25, -0.2) is 0 Å². The molecule has 0 aliphatic rings. The summed E-state index contributed by atoms with van der Waals surface area (Å²) in [7, 11) is 0. The van der Waals surface area contributed by atoms with Crippen LogP contribution < -0.4 is 0 Å². The summed E-state index contributed by atoms with van der Waals surface area (Å²) in [6.07, 6.45) is 0. The second-order valence-electron chi connectivity index (χ2n) is 4.12. The van der Waals surface area contributed by atoms with Crippen LogP contribution >= 0.6 is 23.2 Å². The van der Waals surface area contributed by atoms with E-state index in [-0.39, 0.29) is 11.5 Å². The van der Waals surface area contributed by atoms with Crippen molar-refractivity contribution in [1.29, 1.82) is 0 Å². The third-order valence-electron chi connectivity index (χ3n) is 2.95. The van der Waals surface area contributed by atoms with Crippen molar-refractivity contribution in [3.05, 3.63) is 46.4 Å². The number of hydrogen-bond acceptors (Lipinski definition) is 2. The SMILES string of the molecule is Oc1ccc2c(O)c3cc(Cl)c(Cl)cc3cc2c1. The minimum Gasteiger partial charge on any atom is -0.508 e. The molecule has 0 aliphatic carbocycles. The van der Waals surface area contributed by atoms with Crippen molar-refractivity contribution in [3.63, 3.8) is 0 Å². The van der Waals surface area contributed by atoms with E-state index < -0.39 is 0 Å². The lowest BCUT2D eigenvalue weighted by Crippen LogP contribution is -1.80. The monoisotopic (exact) mass is 278 g/mol. The first kappa shape index (κ1) is 11.5. The Balaban J connectivity index is 2.52. The first-order valence-electron chi connectivity index (χ1n) is 5.30. The second-order valence-corrected chi connectivity index (χ2v) is 4.93. The summed E-state index contributed by atoms with van der Waals surface area (Å²) in [6, 6.07) is 9.99. The maximum atomic E-state index is 10.2. The number of aromatic hydroxyl groups is 2. The fourth-order valence-electron chi connectivity index (χ4n) is 2.08. The lowest BCUT2D eigenvalue weighted by Gasteiger charge is -2.08. The highest BCUT2D eigenvalue weighted by molar-refractivity contribution is 6.43. The number of hydrogen-bond donors (Lipinski definition) is 2. The van der Waals surface area contributed by atoms with Gasteiger partial charge in [0.15, 0.2) is 0 Å². The lowest BCUT2D eigenvalue weighted by atomic mass is 10.0. The molecule has 3 rings (SSSR count). The normalized spacial score (nSPS) is 11.2. The molecule has 0 atom stereocenters. The highest BCUT2D eigenvalue weighted by atomic mass is 35.5. The zero-order chi connectivity index (χ0) is 12.9. The maximum absolute atomic E-state index is 10.2. The van der Waals surface area contributed by atoms with E-state index in [1.807, 2.05) is 6.07 Å². The molecule has 0 saturated heterocycles. The number of halogens is 2. The van der Waals surface area contributed by atoms with Crippen molar-refractivity contribution in [2.24, 2.45) is 0 Å². The highest BCUT2D eigenvalue weighted by Crippen LogP contribution is 2.38. The van der Waals surface area contributed by atoms with E-state index >= 15 is 0 Å². The smallest absolute Gasteiger partial charge is 0.131 e. The Morgan fingerprint density at radius 1 is 0.722 bits per heavy atom. The first-order chi connectivity index (χ1) is 8.56. The molecule has 3 aromatic rings. The van der Waals surface area contributed by atoms with Gasteiger partial charge in [0.1, 0.15) is 11.5 Å². The summed E-state index contributed by atoms with van der Waals surface area (Å²) in [5.74, 6) is 0.294. The van der Waals surface area contributed by atoms with Crippen LogP contribution in [0.5, 0.6) is 11.5 Å². The van der Waals surface area contributed by atoms with Crippen molar-refractivity contribution in [1.82, 2.24) is 0 Å². The molecule has 0 aromatic heterocycles. The van der Waals surface area contributed by atoms with Gasteiger partial charge in [-0.2, -0.15) is 0 Å². The fraction of sp³-hybridized carbons (Fsp3) is 0. The summed E-state index contributed by atoms with van der Waals surface area (Å²) in [5.41, 5.74) is 0. The van der Waals surface area contributed by atoms with Crippen LogP contribution in [0.4, 0.5) is 0 Å². The van der Waals surface area contributed by atoms with Crippen LogP contribution in [0.15, 0.2) is 36.4 Å². The summed E-state index contributed by atoms with van der Waals surface area (Å²) < 4.78 is 0. The van der Waals surface area contributed by atoms with Crippen LogP contribution in [0, 0.1) is 0 Å². The van der Waals surface area contributed by atoms with E-state index in [1.165, 1.54) is 6.07 Å². The first-order valence-corrected chi connectivity index (χ1v) is 6.05. The van der Waals surface area contributed by atoms with Gasteiger partial charge < -0.3 is 10.2 Å². The third-order valence-corrected chi connectivity index (χ3v) is 3.67. The molecule has 0 spiro atoms. The quantitative estimate of drug-likeness (QED) is 0.585. The Labute approximate surface area is 113 Å². The second kappa shape index (κ2) is 3.94. The molecule has 0 amide bonds. The highest BCUT2D eigenvalue weighted by Gasteiger charge is 2.09. The van der Waals surface area contributed by atoms with Crippen LogP contribution in [0.3, 0.4) is 0 Å². The molecule has 0 saturated carbocycles. The van der Waals surface area contributed by atoms with Gasteiger partial charge in [-0.15, -0.1) is 0 Å². The minimum absolute atomic E-state index is 0.140. The fourth-order valence-corrected chi connectivity index (χ4v) is 2.42. The van der Waals surface area contributed by atoms with Gasteiger partial charge in [0.2, 0.25) is 0 Å². The summed E-state index contributed by atoms with van der Waals surface area (Å²) in [4.78, 5) is 0. The van der Waals surface area contributed by atoms with Gasteiger partial charge >= 0.3 is 0 Å². The Morgan fingerprint density at radius 2 is 1.39 bits per heavy atom. The van der Waals surface area contributed by atoms with Crippen LogP contribution in [-0.2, 0) is 0 Å². The molecule has 18 heavy (non-hydrogen) atoms.